The van der Waals surface area contributed by atoms with E-state index < -0.39 is 0 Å². The molecule has 0 aromatic rings. The fourth-order valence-electron chi connectivity index (χ4n) is 3.04. The lowest BCUT2D eigenvalue weighted by molar-refractivity contribution is 0.108. The second kappa shape index (κ2) is 5.48. The summed E-state index contributed by atoms with van der Waals surface area (Å²) in [5.41, 5.74) is 0. The van der Waals surface area contributed by atoms with Crippen molar-refractivity contribution in [3.8, 4) is 0 Å². The van der Waals surface area contributed by atoms with Crippen molar-refractivity contribution in [2.24, 2.45) is 0 Å². The van der Waals surface area contributed by atoms with Crippen LogP contribution >= 0.6 is 0 Å². The minimum Gasteiger partial charge on any atom is -0.393 e. The number of nitrogens with one attached hydrogen (secondary N) is 1. The SMILES string of the molecule is CC(C)N1CCC(NC2CCCC(O)C2)C1. The third-order valence-electron chi connectivity index (χ3n) is 4.07. The zero-order chi connectivity index (χ0) is 11.5. The highest BCUT2D eigenvalue weighted by molar-refractivity contribution is 4.87. The van der Waals surface area contributed by atoms with Crippen molar-refractivity contribution in [1.29, 1.82) is 0 Å². The molecule has 1 saturated carbocycles. The second-order valence-corrected chi connectivity index (χ2v) is 5.76. The summed E-state index contributed by atoms with van der Waals surface area (Å²) in [6, 6.07) is 1.88. The van der Waals surface area contributed by atoms with Gasteiger partial charge in [0.25, 0.3) is 0 Å². The van der Waals surface area contributed by atoms with E-state index in [-0.39, 0.29) is 6.10 Å². The Morgan fingerprint density at radius 1 is 1.19 bits per heavy atom. The molecule has 0 radical (unpaired) electrons. The average molecular weight is 226 g/mol. The van der Waals surface area contributed by atoms with Crippen LogP contribution < -0.4 is 5.32 Å². The van der Waals surface area contributed by atoms with Crippen molar-refractivity contribution in [3.05, 3.63) is 0 Å². The van der Waals surface area contributed by atoms with Gasteiger partial charge in [-0.15, -0.1) is 0 Å². The quantitative estimate of drug-likeness (QED) is 0.763. The van der Waals surface area contributed by atoms with E-state index in [1.807, 2.05) is 0 Å². The molecule has 0 bridgehead atoms. The zero-order valence-electron chi connectivity index (χ0n) is 10.7. The van der Waals surface area contributed by atoms with Gasteiger partial charge in [0.2, 0.25) is 0 Å². The molecule has 2 aliphatic rings. The Hall–Kier alpha value is -0.120. The Balaban J connectivity index is 1.74. The molecule has 0 amide bonds. The number of likely N-dealkylation sites (tertiary alicyclic amines) is 1. The molecule has 3 atom stereocenters. The van der Waals surface area contributed by atoms with Crippen molar-refractivity contribution >= 4 is 0 Å². The maximum atomic E-state index is 9.64. The first-order chi connectivity index (χ1) is 7.65. The van der Waals surface area contributed by atoms with E-state index in [9.17, 15) is 5.11 Å². The van der Waals surface area contributed by atoms with Crippen LogP contribution in [0, 0.1) is 0 Å². The highest BCUT2D eigenvalue weighted by Gasteiger charge is 2.28. The van der Waals surface area contributed by atoms with Gasteiger partial charge >= 0.3 is 0 Å². The number of aliphatic hydroxyl groups is 1. The number of rotatable bonds is 3. The molecule has 0 aromatic heterocycles. The van der Waals surface area contributed by atoms with Crippen molar-refractivity contribution in [3.63, 3.8) is 0 Å². The predicted octanol–water partition coefficient (Wildman–Crippen LogP) is 1.36. The van der Waals surface area contributed by atoms with Gasteiger partial charge in [0.15, 0.2) is 0 Å². The van der Waals surface area contributed by atoms with Gasteiger partial charge in [0, 0.05) is 24.7 Å². The Morgan fingerprint density at radius 2 is 2.00 bits per heavy atom. The molecular weight excluding hydrogens is 200 g/mol. The standard InChI is InChI=1S/C13H26N2O/c1-10(2)15-7-6-12(9-15)14-11-4-3-5-13(16)8-11/h10-14,16H,3-9H2,1-2H3. The number of aliphatic hydroxyl groups excluding tert-OH is 1. The summed E-state index contributed by atoms with van der Waals surface area (Å²) >= 11 is 0. The van der Waals surface area contributed by atoms with Crippen LogP contribution in [0.4, 0.5) is 0 Å². The van der Waals surface area contributed by atoms with E-state index in [0.717, 1.165) is 12.8 Å². The third-order valence-corrected chi connectivity index (χ3v) is 4.07. The Kier molecular flexibility index (Phi) is 4.22. The van der Waals surface area contributed by atoms with Crippen molar-refractivity contribution in [2.45, 2.75) is 70.2 Å². The summed E-state index contributed by atoms with van der Waals surface area (Å²) < 4.78 is 0. The van der Waals surface area contributed by atoms with Gasteiger partial charge < -0.3 is 10.4 Å². The summed E-state index contributed by atoms with van der Waals surface area (Å²) in [6.07, 6.45) is 5.59. The van der Waals surface area contributed by atoms with E-state index in [0.29, 0.717) is 18.1 Å². The lowest BCUT2D eigenvalue weighted by Gasteiger charge is -2.29. The maximum Gasteiger partial charge on any atom is 0.0555 e. The highest BCUT2D eigenvalue weighted by Crippen LogP contribution is 2.21. The average Bonchev–Trinajstić information content (AvgIpc) is 2.66. The normalized spacial score (nSPS) is 37.1. The molecule has 94 valence electrons. The predicted molar refractivity (Wildman–Crippen MR) is 66.5 cm³/mol. The first-order valence-corrected chi connectivity index (χ1v) is 6.83. The van der Waals surface area contributed by atoms with Crippen molar-refractivity contribution in [1.82, 2.24) is 10.2 Å². The Labute approximate surface area is 99.2 Å². The van der Waals surface area contributed by atoms with Crippen LogP contribution in [0.5, 0.6) is 0 Å². The molecule has 3 heteroatoms. The van der Waals surface area contributed by atoms with Gasteiger partial charge in [-0.25, -0.2) is 0 Å². The molecule has 2 N–H and O–H groups in total. The summed E-state index contributed by atoms with van der Waals surface area (Å²) in [5, 5.41) is 13.4. The second-order valence-electron chi connectivity index (χ2n) is 5.76. The minimum absolute atomic E-state index is 0.0612. The van der Waals surface area contributed by atoms with Crippen LogP contribution in [0.15, 0.2) is 0 Å². The first-order valence-electron chi connectivity index (χ1n) is 6.83. The Morgan fingerprint density at radius 3 is 2.62 bits per heavy atom. The highest BCUT2D eigenvalue weighted by atomic mass is 16.3. The maximum absolute atomic E-state index is 9.64. The van der Waals surface area contributed by atoms with E-state index in [1.54, 1.807) is 0 Å². The molecule has 0 spiro atoms. The number of hydrogen-bond donors (Lipinski definition) is 2. The Bertz CT molecular complexity index is 220. The molecule has 16 heavy (non-hydrogen) atoms. The summed E-state index contributed by atoms with van der Waals surface area (Å²) in [5.74, 6) is 0. The summed E-state index contributed by atoms with van der Waals surface area (Å²) in [6.45, 7) is 6.95. The molecular formula is C13H26N2O. The topological polar surface area (TPSA) is 35.5 Å². The molecule has 3 nitrogen and oxygen atoms in total. The van der Waals surface area contributed by atoms with Crippen LogP contribution in [0.2, 0.25) is 0 Å². The largest absolute Gasteiger partial charge is 0.393 e. The van der Waals surface area contributed by atoms with E-state index in [2.05, 4.69) is 24.1 Å². The van der Waals surface area contributed by atoms with Crippen LogP contribution in [0.3, 0.4) is 0 Å². The summed E-state index contributed by atoms with van der Waals surface area (Å²) in [7, 11) is 0. The van der Waals surface area contributed by atoms with Crippen LogP contribution in [-0.2, 0) is 0 Å². The van der Waals surface area contributed by atoms with Crippen LogP contribution in [0.25, 0.3) is 0 Å². The molecule has 0 aromatic carbocycles. The van der Waals surface area contributed by atoms with Crippen LogP contribution in [0.1, 0.15) is 46.0 Å². The number of hydrogen-bond acceptors (Lipinski definition) is 3. The fourth-order valence-corrected chi connectivity index (χ4v) is 3.04. The molecule has 1 heterocycles. The lowest BCUT2D eigenvalue weighted by Crippen LogP contribution is -2.44. The zero-order valence-corrected chi connectivity index (χ0v) is 10.7. The smallest absolute Gasteiger partial charge is 0.0555 e. The minimum atomic E-state index is -0.0612. The van der Waals surface area contributed by atoms with Gasteiger partial charge in [0.1, 0.15) is 0 Å². The van der Waals surface area contributed by atoms with Gasteiger partial charge in [-0.3, -0.25) is 4.90 Å². The van der Waals surface area contributed by atoms with Gasteiger partial charge in [-0.2, -0.15) is 0 Å². The van der Waals surface area contributed by atoms with E-state index in [1.165, 1.54) is 32.4 Å². The van der Waals surface area contributed by atoms with Crippen LogP contribution in [-0.4, -0.2) is 47.3 Å². The molecule has 2 rings (SSSR count). The lowest BCUT2D eigenvalue weighted by atomic mass is 9.92. The van der Waals surface area contributed by atoms with E-state index in [4.69, 9.17) is 0 Å². The molecule has 3 unspecified atom stereocenters. The van der Waals surface area contributed by atoms with Gasteiger partial charge in [-0.1, -0.05) is 0 Å². The molecule has 1 aliphatic heterocycles. The van der Waals surface area contributed by atoms with E-state index >= 15 is 0 Å². The monoisotopic (exact) mass is 226 g/mol. The molecule has 1 aliphatic carbocycles. The molecule has 1 saturated heterocycles. The van der Waals surface area contributed by atoms with Crippen molar-refractivity contribution in [2.75, 3.05) is 13.1 Å². The van der Waals surface area contributed by atoms with Crippen molar-refractivity contribution < 1.29 is 5.11 Å². The third kappa shape index (κ3) is 3.19. The number of nitrogens with zero attached hydrogens (tertiary/aromatic N) is 1. The summed E-state index contributed by atoms with van der Waals surface area (Å²) in [4.78, 5) is 2.54. The fraction of sp³-hybridized carbons (Fsp3) is 1.00. The first kappa shape index (κ1) is 12.3. The molecule has 2 fully saturated rings. The van der Waals surface area contributed by atoms with Gasteiger partial charge in [0.05, 0.1) is 6.10 Å². The van der Waals surface area contributed by atoms with Gasteiger partial charge in [-0.05, 0) is 52.5 Å².